The molecule has 0 aromatic carbocycles. The summed E-state index contributed by atoms with van der Waals surface area (Å²) in [7, 11) is 0. The summed E-state index contributed by atoms with van der Waals surface area (Å²) in [4.78, 5) is 0. The van der Waals surface area contributed by atoms with Crippen molar-refractivity contribution in [3.8, 4) is 0 Å². The van der Waals surface area contributed by atoms with Crippen LogP contribution in [-0.2, 0) is 18.9 Å². The van der Waals surface area contributed by atoms with E-state index in [4.69, 9.17) is 18.9 Å². The molecular formula is C30H60O4. The molecule has 0 bridgehead atoms. The monoisotopic (exact) mass is 484 g/mol. The van der Waals surface area contributed by atoms with Gasteiger partial charge in [0.2, 0.25) is 0 Å². The number of hydrogen-bond acceptors (Lipinski definition) is 4. The van der Waals surface area contributed by atoms with E-state index in [9.17, 15) is 0 Å². The summed E-state index contributed by atoms with van der Waals surface area (Å²) in [6.45, 7) is 11.4. The van der Waals surface area contributed by atoms with E-state index in [0.717, 1.165) is 51.1 Å². The van der Waals surface area contributed by atoms with Gasteiger partial charge in [0.1, 0.15) is 0 Å². The molecule has 0 saturated carbocycles. The van der Waals surface area contributed by atoms with E-state index in [1.54, 1.807) is 0 Å². The molecule has 0 rings (SSSR count). The van der Waals surface area contributed by atoms with Crippen molar-refractivity contribution < 1.29 is 18.9 Å². The first-order valence-corrected chi connectivity index (χ1v) is 15.0. The van der Waals surface area contributed by atoms with Crippen LogP contribution in [0.2, 0.25) is 0 Å². The zero-order chi connectivity index (χ0) is 25.0. The third-order valence-corrected chi connectivity index (χ3v) is 6.16. The van der Waals surface area contributed by atoms with Crippen molar-refractivity contribution in [2.24, 2.45) is 0 Å². The van der Waals surface area contributed by atoms with Crippen LogP contribution in [0.4, 0.5) is 0 Å². The van der Waals surface area contributed by atoms with Gasteiger partial charge in [0, 0.05) is 6.42 Å². The third-order valence-electron chi connectivity index (χ3n) is 6.16. The normalized spacial score (nSPS) is 12.0. The molecule has 204 valence electrons. The standard InChI is InChI=1S/C30H60O4/c1-5-9-13-16-17-18-19-21-25-31-28-34-30(33-27-23-15-11-7-3)29(24-20-12-8-4)32-26-22-14-10-6-2/h5-28H2,1-4H3. The van der Waals surface area contributed by atoms with Gasteiger partial charge in [-0.05, 0) is 25.7 Å². The Bertz CT molecular complexity index is 422. The molecule has 0 heterocycles. The van der Waals surface area contributed by atoms with Crippen molar-refractivity contribution in [1.82, 2.24) is 0 Å². The van der Waals surface area contributed by atoms with Crippen LogP contribution in [0.25, 0.3) is 0 Å². The molecule has 0 fully saturated rings. The van der Waals surface area contributed by atoms with Crippen LogP contribution in [0.5, 0.6) is 0 Å². The maximum atomic E-state index is 6.20. The molecule has 4 nitrogen and oxygen atoms in total. The van der Waals surface area contributed by atoms with Crippen LogP contribution in [0, 0.1) is 0 Å². The quantitative estimate of drug-likeness (QED) is 0.0628. The van der Waals surface area contributed by atoms with Gasteiger partial charge in [0.05, 0.1) is 19.8 Å². The topological polar surface area (TPSA) is 36.9 Å². The summed E-state index contributed by atoms with van der Waals surface area (Å²) in [5.41, 5.74) is 0. The molecule has 0 radical (unpaired) electrons. The van der Waals surface area contributed by atoms with Crippen LogP contribution in [0.15, 0.2) is 11.7 Å². The fourth-order valence-electron chi connectivity index (χ4n) is 3.88. The van der Waals surface area contributed by atoms with Gasteiger partial charge in [-0.1, -0.05) is 124 Å². The summed E-state index contributed by atoms with van der Waals surface area (Å²) in [6, 6.07) is 0. The highest BCUT2D eigenvalue weighted by atomic mass is 16.7. The van der Waals surface area contributed by atoms with Crippen LogP contribution >= 0.6 is 0 Å². The summed E-state index contributed by atoms with van der Waals surface area (Å²) in [5.74, 6) is 1.45. The number of unbranched alkanes of at least 4 members (excludes halogenated alkanes) is 15. The van der Waals surface area contributed by atoms with Crippen molar-refractivity contribution in [3.05, 3.63) is 11.7 Å². The zero-order valence-corrected chi connectivity index (χ0v) is 23.6. The maximum Gasteiger partial charge on any atom is 0.321 e. The highest BCUT2D eigenvalue weighted by Gasteiger charge is 2.13. The fraction of sp³-hybridized carbons (Fsp3) is 0.933. The van der Waals surface area contributed by atoms with Gasteiger partial charge in [-0.15, -0.1) is 0 Å². The van der Waals surface area contributed by atoms with Crippen LogP contribution in [-0.4, -0.2) is 26.6 Å². The van der Waals surface area contributed by atoms with E-state index in [1.165, 1.54) is 96.3 Å². The van der Waals surface area contributed by atoms with E-state index in [2.05, 4.69) is 27.7 Å². The van der Waals surface area contributed by atoms with Crippen molar-refractivity contribution in [3.63, 3.8) is 0 Å². The number of allylic oxidation sites excluding steroid dienone is 1. The molecule has 0 unspecified atom stereocenters. The second-order valence-corrected chi connectivity index (χ2v) is 9.63. The van der Waals surface area contributed by atoms with E-state index in [-0.39, 0.29) is 6.79 Å². The molecule has 34 heavy (non-hydrogen) atoms. The van der Waals surface area contributed by atoms with Crippen molar-refractivity contribution in [2.45, 2.75) is 156 Å². The van der Waals surface area contributed by atoms with E-state index >= 15 is 0 Å². The highest BCUT2D eigenvalue weighted by Crippen LogP contribution is 2.19. The van der Waals surface area contributed by atoms with Gasteiger partial charge >= 0.3 is 5.95 Å². The molecule has 0 atom stereocenters. The Balaban J connectivity index is 4.53. The lowest BCUT2D eigenvalue weighted by Gasteiger charge is -2.18. The van der Waals surface area contributed by atoms with Crippen LogP contribution < -0.4 is 0 Å². The molecule has 0 aromatic heterocycles. The van der Waals surface area contributed by atoms with E-state index in [0.29, 0.717) is 12.6 Å². The largest absolute Gasteiger partial charge is 0.491 e. The first-order valence-electron chi connectivity index (χ1n) is 15.0. The number of hydrogen-bond donors (Lipinski definition) is 0. The summed E-state index contributed by atoms with van der Waals surface area (Å²) in [5, 5.41) is 0. The summed E-state index contributed by atoms with van der Waals surface area (Å²) in [6.07, 6.45) is 24.4. The smallest absolute Gasteiger partial charge is 0.321 e. The molecule has 0 amide bonds. The summed E-state index contributed by atoms with van der Waals surface area (Å²) < 4.78 is 24.1. The average molecular weight is 485 g/mol. The molecule has 0 aromatic rings. The Morgan fingerprint density at radius 3 is 1.44 bits per heavy atom. The van der Waals surface area contributed by atoms with E-state index in [1.807, 2.05) is 0 Å². The molecular weight excluding hydrogens is 424 g/mol. The Morgan fingerprint density at radius 2 is 0.853 bits per heavy atom. The van der Waals surface area contributed by atoms with Gasteiger partial charge < -0.3 is 18.9 Å². The highest BCUT2D eigenvalue weighted by molar-refractivity contribution is 4.95. The molecule has 4 heteroatoms. The van der Waals surface area contributed by atoms with Gasteiger partial charge in [-0.25, -0.2) is 0 Å². The minimum Gasteiger partial charge on any atom is -0.491 e. The maximum absolute atomic E-state index is 6.20. The second-order valence-electron chi connectivity index (χ2n) is 9.63. The lowest BCUT2D eigenvalue weighted by molar-refractivity contribution is -0.0845. The minimum absolute atomic E-state index is 0.247. The Kier molecular flexibility index (Phi) is 27.6. The third kappa shape index (κ3) is 22.9. The van der Waals surface area contributed by atoms with Crippen LogP contribution in [0.3, 0.4) is 0 Å². The SMILES string of the molecule is CCCCCCCCCCOCOC(OCCCCCC)=C(CCCCC)OCCCCCC. The first kappa shape index (κ1) is 33.1. The minimum atomic E-state index is 0.247. The van der Waals surface area contributed by atoms with Crippen molar-refractivity contribution in [2.75, 3.05) is 26.6 Å². The lowest BCUT2D eigenvalue weighted by atomic mass is 10.1. The Hall–Kier alpha value is -0.900. The Morgan fingerprint density at radius 1 is 0.412 bits per heavy atom. The average Bonchev–Trinajstić information content (AvgIpc) is 2.85. The lowest BCUT2D eigenvalue weighted by Crippen LogP contribution is -2.10. The Labute approximate surface area is 213 Å². The zero-order valence-electron chi connectivity index (χ0n) is 23.6. The van der Waals surface area contributed by atoms with E-state index < -0.39 is 0 Å². The predicted molar refractivity (Wildman–Crippen MR) is 146 cm³/mol. The van der Waals surface area contributed by atoms with Crippen molar-refractivity contribution in [1.29, 1.82) is 0 Å². The van der Waals surface area contributed by atoms with Gasteiger partial charge in [0.25, 0.3) is 0 Å². The second kappa shape index (κ2) is 28.3. The molecule has 0 aliphatic heterocycles. The van der Waals surface area contributed by atoms with Gasteiger partial charge in [0.15, 0.2) is 12.6 Å². The fourth-order valence-corrected chi connectivity index (χ4v) is 3.88. The molecule has 0 saturated heterocycles. The summed E-state index contributed by atoms with van der Waals surface area (Å²) >= 11 is 0. The number of rotatable bonds is 28. The van der Waals surface area contributed by atoms with Gasteiger partial charge in [-0.2, -0.15) is 0 Å². The van der Waals surface area contributed by atoms with Crippen LogP contribution in [0.1, 0.15) is 156 Å². The molecule has 0 aliphatic rings. The number of ether oxygens (including phenoxy) is 4. The molecule has 0 N–H and O–H groups in total. The van der Waals surface area contributed by atoms with Gasteiger partial charge in [-0.3, -0.25) is 0 Å². The van der Waals surface area contributed by atoms with Crippen molar-refractivity contribution >= 4 is 0 Å². The molecule has 0 aliphatic carbocycles. The first-order chi connectivity index (χ1) is 16.8. The predicted octanol–water partition coefficient (Wildman–Crippen LogP) is 10.1. The molecule has 0 spiro atoms.